The first-order valence-electron chi connectivity index (χ1n) is 1.07. The van der Waals surface area contributed by atoms with Crippen LogP contribution in [0.15, 0.2) is 12.7 Å². The Labute approximate surface area is 29.1 Å². The lowest BCUT2D eigenvalue weighted by atomic mass is 10.8. The molecule has 0 saturated carbocycles. The predicted molar refractivity (Wildman–Crippen MR) is 24.2 cm³/mol. The third-order valence-electron chi connectivity index (χ3n) is 0.136. The minimum absolute atomic E-state index is 1.71. The maximum atomic E-state index is 3.40. The molecule has 0 aliphatic rings. The Balaban J connectivity index is 2.30. The van der Waals surface area contributed by atoms with Crippen LogP contribution in [-0.2, 0) is 0 Å². The highest BCUT2D eigenvalue weighted by Crippen LogP contribution is 1.83. The fraction of sp³-hybridized carbons (Fsp3) is 0. The first-order chi connectivity index (χ1) is 1.91. The average Bonchev–Trinajstić information content (AvgIpc) is 1.37. The van der Waals surface area contributed by atoms with Crippen LogP contribution >= 0.6 is 9.24 Å². The van der Waals surface area contributed by atoms with Gasteiger partial charge in [-0.2, -0.15) is 0 Å². The summed E-state index contributed by atoms with van der Waals surface area (Å²) in [4.78, 5) is 0. The SMILES string of the molecule is C=C[CH]P. The quantitative estimate of drug-likeness (QED) is 0.409. The Morgan fingerprint density at radius 3 is 2.00 bits per heavy atom. The minimum Gasteiger partial charge on any atom is -0.129 e. The van der Waals surface area contributed by atoms with Gasteiger partial charge in [-0.15, -0.1) is 15.8 Å². The largest absolute Gasteiger partial charge is 0.129 e. The maximum absolute atomic E-state index is 3.40. The first-order valence-corrected chi connectivity index (χ1v) is 1.74. The van der Waals surface area contributed by atoms with E-state index in [9.17, 15) is 0 Å². The van der Waals surface area contributed by atoms with Gasteiger partial charge in [0.1, 0.15) is 0 Å². The van der Waals surface area contributed by atoms with Crippen molar-refractivity contribution < 1.29 is 0 Å². The summed E-state index contributed by atoms with van der Waals surface area (Å²) in [6.45, 7) is 3.40. The van der Waals surface area contributed by atoms with Crippen molar-refractivity contribution in [3.63, 3.8) is 0 Å². The molecule has 0 amide bonds. The zero-order chi connectivity index (χ0) is 3.41. The fourth-order valence-electron chi connectivity index (χ4n) is 0. The van der Waals surface area contributed by atoms with Crippen molar-refractivity contribution in [2.75, 3.05) is 0 Å². The molecule has 0 fully saturated rings. The molecule has 4 heavy (non-hydrogen) atoms. The van der Waals surface area contributed by atoms with Crippen LogP contribution in [0.1, 0.15) is 0 Å². The van der Waals surface area contributed by atoms with E-state index in [0.29, 0.717) is 0 Å². The van der Waals surface area contributed by atoms with E-state index >= 15 is 0 Å². The van der Waals surface area contributed by atoms with Gasteiger partial charge in [-0.3, -0.25) is 0 Å². The highest BCUT2D eigenvalue weighted by Gasteiger charge is 1.46. The molecule has 0 aromatic heterocycles. The van der Waals surface area contributed by atoms with Crippen LogP contribution in [0.3, 0.4) is 0 Å². The van der Waals surface area contributed by atoms with Crippen LogP contribution in [0.25, 0.3) is 0 Å². The van der Waals surface area contributed by atoms with Gasteiger partial charge in [0.15, 0.2) is 0 Å². The van der Waals surface area contributed by atoms with E-state index in [4.69, 9.17) is 0 Å². The molecule has 1 unspecified atom stereocenters. The van der Waals surface area contributed by atoms with Crippen molar-refractivity contribution in [1.82, 2.24) is 0 Å². The number of rotatable bonds is 1. The zero-order valence-electron chi connectivity index (χ0n) is 2.44. The van der Waals surface area contributed by atoms with E-state index in [1.165, 1.54) is 0 Å². The summed E-state index contributed by atoms with van der Waals surface area (Å²) < 4.78 is 0. The van der Waals surface area contributed by atoms with Gasteiger partial charge in [0, 0.05) is 6.16 Å². The Hall–Kier alpha value is 0.170. The molecule has 0 aliphatic carbocycles. The molecule has 0 rings (SSSR count). The van der Waals surface area contributed by atoms with Crippen molar-refractivity contribution in [2.45, 2.75) is 0 Å². The summed E-state index contributed by atoms with van der Waals surface area (Å²) in [7, 11) is 2.41. The molecule has 0 aliphatic heterocycles. The third kappa shape index (κ3) is 2.17. The maximum Gasteiger partial charge on any atom is 0.000852 e. The molecule has 0 aromatic rings. The first kappa shape index (κ1) is 4.17. The summed E-state index contributed by atoms with van der Waals surface area (Å²) in [6.07, 6.45) is 3.52. The Bertz CT molecular complexity index is 17.2. The average molecular weight is 73.1 g/mol. The predicted octanol–water partition coefficient (Wildman–Crippen LogP) is 1.21. The van der Waals surface area contributed by atoms with Crippen LogP contribution in [0.5, 0.6) is 0 Å². The van der Waals surface area contributed by atoms with Crippen molar-refractivity contribution in [1.29, 1.82) is 0 Å². The molecule has 0 bridgehead atoms. The Morgan fingerprint density at radius 1 is 1.75 bits per heavy atom. The lowest BCUT2D eigenvalue weighted by Gasteiger charge is -1.57. The lowest BCUT2D eigenvalue weighted by Crippen LogP contribution is -1.29. The second kappa shape index (κ2) is 3.17. The monoisotopic (exact) mass is 73.0 g/mol. The highest BCUT2D eigenvalue weighted by molar-refractivity contribution is 7.19. The molecule has 0 saturated heterocycles. The Morgan fingerprint density at radius 2 is 2.00 bits per heavy atom. The molecule has 0 heterocycles. The van der Waals surface area contributed by atoms with E-state index in [-0.39, 0.29) is 0 Å². The van der Waals surface area contributed by atoms with Gasteiger partial charge >= 0.3 is 0 Å². The summed E-state index contributed by atoms with van der Waals surface area (Å²) in [6, 6.07) is 0. The highest BCUT2D eigenvalue weighted by atomic mass is 31.0. The van der Waals surface area contributed by atoms with Crippen LogP contribution in [0.4, 0.5) is 0 Å². The molecule has 23 valence electrons. The van der Waals surface area contributed by atoms with Crippen LogP contribution in [0.2, 0.25) is 0 Å². The topological polar surface area (TPSA) is 0 Å². The van der Waals surface area contributed by atoms with E-state index in [1.54, 1.807) is 12.2 Å². The molecule has 1 atom stereocenters. The normalized spacial score (nSPS) is 6.25. The second-order valence-electron chi connectivity index (χ2n) is 0.428. The molecule has 0 nitrogen and oxygen atoms in total. The second-order valence-corrected chi connectivity index (χ2v) is 0.813. The summed E-state index contributed by atoms with van der Waals surface area (Å²) >= 11 is 0. The number of hydrogen-bond donors (Lipinski definition) is 0. The van der Waals surface area contributed by atoms with E-state index in [1.807, 2.05) is 0 Å². The van der Waals surface area contributed by atoms with Gasteiger partial charge < -0.3 is 0 Å². The minimum atomic E-state index is 1.71. The summed E-state index contributed by atoms with van der Waals surface area (Å²) in [5.74, 6) is 0. The van der Waals surface area contributed by atoms with Crippen LogP contribution < -0.4 is 0 Å². The van der Waals surface area contributed by atoms with Crippen molar-refractivity contribution in [2.24, 2.45) is 0 Å². The molecule has 0 spiro atoms. The van der Waals surface area contributed by atoms with Gasteiger partial charge in [-0.05, 0) is 0 Å². The molecular formula is C3H6P. The zero-order valence-corrected chi connectivity index (χ0v) is 3.59. The van der Waals surface area contributed by atoms with E-state index in [0.717, 1.165) is 0 Å². The smallest absolute Gasteiger partial charge is 0.000852 e. The van der Waals surface area contributed by atoms with Crippen molar-refractivity contribution in [3.05, 3.63) is 18.8 Å². The van der Waals surface area contributed by atoms with Gasteiger partial charge in [-0.1, -0.05) is 6.08 Å². The number of allylic oxidation sites excluding steroid dienone is 1. The molecule has 1 radical (unpaired) electrons. The fourth-order valence-corrected chi connectivity index (χ4v) is 0. The van der Waals surface area contributed by atoms with E-state index < -0.39 is 0 Å². The molecule has 0 N–H and O–H groups in total. The standard InChI is InChI=1S/C3H6P/c1-2-3-4/h2-3H,1,4H2. The van der Waals surface area contributed by atoms with Gasteiger partial charge in [0.05, 0.1) is 0 Å². The van der Waals surface area contributed by atoms with Crippen LogP contribution in [0, 0.1) is 6.16 Å². The molecule has 0 aromatic carbocycles. The Kier molecular flexibility index (Phi) is 3.30. The van der Waals surface area contributed by atoms with Crippen molar-refractivity contribution >= 4 is 9.24 Å². The third-order valence-corrected chi connectivity index (χ3v) is 0.408. The number of hydrogen-bond acceptors (Lipinski definition) is 0. The van der Waals surface area contributed by atoms with E-state index in [2.05, 4.69) is 15.8 Å². The van der Waals surface area contributed by atoms with Gasteiger partial charge in [0.25, 0.3) is 0 Å². The van der Waals surface area contributed by atoms with Crippen molar-refractivity contribution in [3.8, 4) is 0 Å². The van der Waals surface area contributed by atoms with Crippen LogP contribution in [-0.4, -0.2) is 0 Å². The lowest BCUT2D eigenvalue weighted by molar-refractivity contribution is 2.10. The summed E-state index contributed by atoms with van der Waals surface area (Å²) in [5, 5.41) is 0. The summed E-state index contributed by atoms with van der Waals surface area (Å²) in [5.41, 5.74) is 0. The molecule has 1 heteroatoms. The van der Waals surface area contributed by atoms with Gasteiger partial charge in [-0.25, -0.2) is 0 Å². The molecular weight excluding hydrogens is 67.0 g/mol. The van der Waals surface area contributed by atoms with Gasteiger partial charge in [0.2, 0.25) is 0 Å².